The summed E-state index contributed by atoms with van der Waals surface area (Å²) in [6.07, 6.45) is -1.33. The Morgan fingerprint density at radius 2 is 2.13 bits per heavy atom. The quantitative estimate of drug-likeness (QED) is 0.659. The van der Waals surface area contributed by atoms with Gasteiger partial charge < -0.3 is 10.2 Å². The minimum absolute atomic E-state index is 0.257. The number of aliphatic hydroxyl groups is 2. The molecule has 0 fully saturated rings. The Bertz CT molecular complexity index is 357. The predicted octanol–water partition coefficient (Wildman–Crippen LogP) is 1.94. The molecule has 0 saturated heterocycles. The van der Waals surface area contributed by atoms with E-state index in [9.17, 15) is 15.0 Å². The molecule has 15 heavy (non-hydrogen) atoms. The molecule has 0 aliphatic carbocycles. The van der Waals surface area contributed by atoms with Crippen molar-refractivity contribution in [3.8, 4) is 0 Å². The number of carbonyl (C=O) groups excluding carboxylic acids is 1. The zero-order chi connectivity index (χ0) is 11.4. The maximum Gasteiger partial charge on any atom is 0.151 e. The van der Waals surface area contributed by atoms with E-state index in [-0.39, 0.29) is 5.33 Å². The molecule has 2 unspecified atom stereocenters. The third-order valence-electron chi connectivity index (χ3n) is 2.01. The van der Waals surface area contributed by atoms with Crippen molar-refractivity contribution < 1.29 is 15.0 Å². The van der Waals surface area contributed by atoms with E-state index in [4.69, 9.17) is 11.6 Å². The topological polar surface area (TPSA) is 57.5 Å². The molecule has 3 nitrogen and oxygen atoms in total. The molecule has 1 rings (SSSR count). The first-order valence-corrected chi connectivity index (χ1v) is 5.76. The van der Waals surface area contributed by atoms with E-state index in [0.29, 0.717) is 22.4 Å². The molecule has 2 N–H and O–H groups in total. The number of carbonyl (C=O) groups is 1. The summed E-state index contributed by atoms with van der Waals surface area (Å²) in [5.74, 6) is 0. The molecule has 0 heterocycles. The molecule has 0 spiro atoms. The molecule has 82 valence electrons. The summed E-state index contributed by atoms with van der Waals surface area (Å²) >= 11 is 8.79. The highest BCUT2D eigenvalue weighted by Crippen LogP contribution is 2.23. The zero-order valence-electron chi connectivity index (χ0n) is 7.73. The average molecular weight is 294 g/mol. The Balaban J connectivity index is 3.00. The fourth-order valence-corrected chi connectivity index (χ4v) is 1.66. The van der Waals surface area contributed by atoms with E-state index in [1.807, 2.05) is 0 Å². The van der Waals surface area contributed by atoms with Gasteiger partial charge in [0, 0.05) is 10.9 Å². The second-order valence-electron chi connectivity index (χ2n) is 3.07. The molecule has 0 aliphatic heterocycles. The number of rotatable bonds is 4. The van der Waals surface area contributed by atoms with Crippen LogP contribution in [-0.4, -0.2) is 27.9 Å². The van der Waals surface area contributed by atoms with E-state index < -0.39 is 12.2 Å². The highest BCUT2D eigenvalue weighted by Gasteiger charge is 2.17. The summed E-state index contributed by atoms with van der Waals surface area (Å²) in [5, 5.41) is 19.6. The van der Waals surface area contributed by atoms with Gasteiger partial charge in [0.05, 0.1) is 11.1 Å². The highest BCUT2D eigenvalue weighted by molar-refractivity contribution is 9.09. The molecule has 1 aromatic carbocycles. The van der Waals surface area contributed by atoms with Crippen molar-refractivity contribution in [2.75, 3.05) is 5.33 Å². The standard InChI is InChI=1S/C10H10BrClO3/c11-4-9(14)10(15)6-1-2-8(12)7(3-6)5-13/h1-3,5,9-10,14-15H,4H2. The summed E-state index contributed by atoms with van der Waals surface area (Å²) in [4.78, 5) is 10.6. The Morgan fingerprint density at radius 1 is 1.47 bits per heavy atom. The van der Waals surface area contributed by atoms with Gasteiger partial charge in [-0.1, -0.05) is 33.6 Å². The van der Waals surface area contributed by atoms with E-state index in [0.717, 1.165) is 0 Å². The van der Waals surface area contributed by atoms with Crippen molar-refractivity contribution in [3.63, 3.8) is 0 Å². The maximum absolute atomic E-state index is 10.6. The van der Waals surface area contributed by atoms with Gasteiger partial charge in [0.1, 0.15) is 6.10 Å². The lowest BCUT2D eigenvalue weighted by Gasteiger charge is -2.16. The molecule has 1 aromatic rings. The lowest BCUT2D eigenvalue weighted by atomic mass is 10.0. The summed E-state index contributed by atoms with van der Waals surface area (Å²) in [7, 11) is 0. The second-order valence-corrected chi connectivity index (χ2v) is 4.12. The first-order valence-electron chi connectivity index (χ1n) is 4.27. The second kappa shape index (κ2) is 5.61. The maximum atomic E-state index is 10.6. The summed E-state index contributed by atoms with van der Waals surface area (Å²) in [6.45, 7) is 0. The molecule has 2 atom stereocenters. The number of aliphatic hydroxyl groups excluding tert-OH is 2. The van der Waals surface area contributed by atoms with Crippen LogP contribution in [0.5, 0.6) is 0 Å². The fraction of sp³-hybridized carbons (Fsp3) is 0.300. The number of halogens is 2. The van der Waals surface area contributed by atoms with Crippen molar-refractivity contribution in [1.82, 2.24) is 0 Å². The van der Waals surface area contributed by atoms with Gasteiger partial charge in [-0.2, -0.15) is 0 Å². The Labute approximate surface area is 101 Å². The smallest absolute Gasteiger partial charge is 0.151 e. The SMILES string of the molecule is O=Cc1cc(C(O)C(O)CBr)ccc1Cl. The third kappa shape index (κ3) is 3.01. The lowest BCUT2D eigenvalue weighted by Crippen LogP contribution is -2.19. The van der Waals surface area contributed by atoms with Crippen molar-refractivity contribution >= 4 is 33.8 Å². The van der Waals surface area contributed by atoms with Crippen molar-refractivity contribution in [2.45, 2.75) is 12.2 Å². The van der Waals surface area contributed by atoms with Crippen LogP contribution in [0.3, 0.4) is 0 Å². The first-order chi connectivity index (χ1) is 7.10. The number of benzene rings is 1. The summed E-state index contributed by atoms with van der Waals surface area (Å²) in [6, 6.07) is 4.56. The molecule has 0 bridgehead atoms. The van der Waals surface area contributed by atoms with Gasteiger partial charge in [-0.15, -0.1) is 0 Å². The van der Waals surface area contributed by atoms with Crippen LogP contribution >= 0.6 is 27.5 Å². The predicted molar refractivity (Wildman–Crippen MR) is 61.6 cm³/mol. The van der Waals surface area contributed by atoms with Gasteiger partial charge in [0.25, 0.3) is 0 Å². The number of hydrogen-bond acceptors (Lipinski definition) is 3. The van der Waals surface area contributed by atoms with Crippen LogP contribution in [0.25, 0.3) is 0 Å². The van der Waals surface area contributed by atoms with Crippen LogP contribution in [-0.2, 0) is 0 Å². The molecule has 0 saturated carbocycles. The summed E-state index contributed by atoms with van der Waals surface area (Å²) in [5.41, 5.74) is 0.767. The van der Waals surface area contributed by atoms with E-state index in [1.54, 1.807) is 6.07 Å². The zero-order valence-corrected chi connectivity index (χ0v) is 10.1. The highest BCUT2D eigenvalue weighted by atomic mass is 79.9. The van der Waals surface area contributed by atoms with Gasteiger partial charge in [-0.05, 0) is 17.7 Å². The van der Waals surface area contributed by atoms with Gasteiger partial charge in [-0.25, -0.2) is 0 Å². The molecule has 0 amide bonds. The van der Waals surface area contributed by atoms with Crippen LogP contribution in [0.2, 0.25) is 5.02 Å². The average Bonchev–Trinajstić information content (AvgIpc) is 2.27. The normalized spacial score (nSPS) is 14.7. The number of alkyl halides is 1. The van der Waals surface area contributed by atoms with Crippen molar-refractivity contribution in [1.29, 1.82) is 0 Å². The van der Waals surface area contributed by atoms with Crippen LogP contribution in [0.1, 0.15) is 22.0 Å². The van der Waals surface area contributed by atoms with E-state index in [1.165, 1.54) is 12.1 Å². The van der Waals surface area contributed by atoms with Crippen LogP contribution < -0.4 is 0 Å². The van der Waals surface area contributed by atoms with Gasteiger partial charge in [0.2, 0.25) is 0 Å². The van der Waals surface area contributed by atoms with E-state index in [2.05, 4.69) is 15.9 Å². The van der Waals surface area contributed by atoms with Crippen LogP contribution in [0.4, 0.5) is 0 Å². The first kappa shape index (κ1) is 12.6. The molecule has 0 radical (unpaired) electrons. The van der Waals surface area contributed by atoms with Crippen molar-refractivity contribution in [2.24, 2.45) is 0 Å². The Morgan fingerprint density at radius 3 is 2.67 bits per heavy atom. The third-order valence-corrected chi connectivity index (χ3v) is 3.02. The minimum atomic E-state index is -1.03. The van der Waals surface area contributed by atoms with Gasteiger partial charge in [0.15, 0.2) is 6.29 Å². The Kier molecular flexibility index (Phi) is 4.73. The van der Waals surface area contributed by atoms with Crippen LogP contribution in [0.15, 0.2) is 18.2 Å². The largest absolute Gasteiger partial charge is 0.389 e. The van der Waals surface area contributed by atoms with Crippen LogP contribution in [0, 0.1) is 0 Å². The molecule has 5 heteroatoms. The molecular weight excluding hydrogens is 283 g/mol. The molecular formula is C10H10BrClO3. The fourth-order valence-electron chi connectivity index (χ4n) is 1.14. The minimum Gasteiger partial charge on any atom is -0.389 e. The monoisotopic (exact) mass is 292 g/mol. The Hall–Kier alpha value is -0.420. The van der Waals surface area contributed by atoms with Gasteiger partial charge >= 0.3 is 0 Å². The van der Waals surface area contributed by atoms with E-state index >= 15 is 0 Å². The number of hydrogen-bond donors (Lipinski definition) is 2. The molecule has 0 aliphatic rings. The summed E-state index contributed by atoms with van der Waals surface area (Å²) < 4.78 is 0. The lowest BCUT2D eigenvalue weighted by molar-refractivity contribution is 0.0342. The molecule has 0 aromatic heterocycles. The van der Waals surface area contributed by atoms with Crippen molar-refractivity contribution in [3.05, 3.63) is 34.3 Å². The number of aldehydes is 1. The van der Waals surface area contributed by atoms with Gasteiger partial charge in [-0.3, -0.25) is 4.79 Å².